The highest BCUT2D eigenvalue weighted by Gasteiger charge is 2.48. The molecular formula is C17H36N2. The van der Waals surface area contributed by atoms with E-state index in [0.29, 0.717) is 10.8 Å². The largest absolute Gasteiger partial charge is 0.329 e. The van der Waals surface area contributed by atoms with Gasteiger partial charge in [0.05, 0.1) is 0 Å². The van der Waals surface area contributed by atoms with Crippen LogP contribution in [0.4, 0.5) is 0 Å². The normalized spacial score (nSPS) is 24.6. The fraction of sp³-hybridized carbons (Fsp3) is 1.00. The summed E-state index contributed by atoms with van der Waals surface area (Å²) in [5.74, 6) is 0. The molecule has 2 N–H and O–H groups in total. The molecule has 1 aliphatic carbocycles. The van der Waals surface area contributed by atoms with Crippen LogP contribution < -0.4 is 5.73 Å². The lowest BCUT2D eigenvalue weighted by atomic mass is 9.58. The van der Waals surface area contributed by atoms with E-state index >= 15 is 0 Å². The third-order valence-electron chi connectivity index (χ3n) is 4.79. The second-order valence-electron chi connectivity index (χ2n) is 8.22. The molecule has 0 aromatic carbocycles. The first-order chi connectivity index (χ1) is 8.70. The molecule has 0 aliphatic heterocycles. The zero-order chi connectivity index (χ0) is 14.7. The van der Waals surface area contributed by atoms with Crippen molar-refractivity contribution < 1.29 is 0 Å². The molecule has 0 heterocycles. The summed E-state index contributed by atoms with van der Waals surface area (Å²) in [5.41, 5.74) is 7.31. The summed E-state index contributed by atoms with van der Waals surface area (Å²) < 4.78 is 0. The third kappa shape index (κ3) is 4.19. The number of likely N-dealkylation sites (N-methyl/N-ethyl adjacent to an activating group) is 1. The predicted octanol–water partition coefficient (Wildman–Crippen LogP) is 4.04. The van der Waals surface area contributed by atoms with Gasteiger partial charge in [-0.15, -0.1) is 0 Å². The average molecular weight is 268 g/mol. The standard InChI is InChI=1S/C17H36N2/c1-7-9-10-19(8-2)17(14-18)12-15(3,4)11-16(5,6)13-17/h7-14,18H2,1-6H3. The van der Waals surface area contributed by atoms with E-state index in [1.54, 1.807) is 0 Å². The Morgan fingerprint density at radius 3 is 1.84 bits per heavy atom. The van der Waals surface area contributed by atoms with E-state index in [-0.39, 0.29) is 5.54 Å². The summed E-state index contributed by atoms with van der Waals surface area (Å²) in [4.78, 5) is 2.68. The van der Waals surface area contributed by atoms with E-state index in [0.717, 1.165) is 13.1 Å². The molecule has 1 fully saturated rings. The molecule has 2 nitrogen and oxygen atoms in total. The first-order valence-electron chi connectivity index (χ1n) is 8.15. The van der Waals surface area contributed by atoms with E-state index in [9.17, 15) is 0 Å². The van der Waals surface area contributed by atoms with Gasteiger partial charge in [-0.3, -0.25) is 4.90 Å². The van der Waals surface area contributed by atoms with Crippen LogP contribution in [0.25, 0.3) is 0 Å². The first kappa shape index (κ1) is 17.0. The topological polar surface area (TPSA) is 29.3 Å². The van der Waals surface area contributed by atoms with Gasteiger partial charge >= 0.3 is 0 Å². The molecule has 0 spiro atoms. The molecule has 0 atom stereocenters. The molecule has 0 unspecified atom stereocenters. The Kier molecular flexibility index (Phi) is 5.48. The summed E-state index contributed by atoms with van der Waals surface area (Å²) in [5, 5.41) is 0. The molecule has 114 valence electrons. The van der Waals surface area contributed by atoms with Crippen molar-refractivity contribution in [2.75, 3.05) is 19.6 Å². The van der Waals surface area contributed by atoms with E-state index < -0.39 is 0 Å². The molecule has 1 saturated carbocycles. The van der Waals surface area contributed by atoms with Crippen LogP contribution in [0, 0.1) is 10.8 Å². The van der Waals surface area contributed by atoms with Gasteiger partial charge in [-0.2, -0.15) is 0 Å². The van der Waals surface area contributed by atoms with Gasteiger partial charge < -0.3 is 5.73 Å². The van der Waals surface area contributed by atoms with Gasteiger partial charge in [0.25, 0.3) is 0 Å². The molecule has 0 amide bonds. The SMILES string of the molecule is CCCCN(CC)C1(CN)CC(C)(C)CC(C)(C)C1. The fourth-order valence-corrected chi connectivity index (χ4v) is 4.84. The number of nitrogens with zero attached hydrogens (tertiary/aromatic N) is 1. The van der Waals surface area contributed by atoms with Crippen molar-refractivity contribution in [1.82, 2.24) is 4.90 Å². The van der Waals surface area contributed by atoms with Crippen molar-refractivity contribution in [2.24, 2.45) is 16.6 Å². The van der Waals surface area contributed by atoms with Crippen molar-refractivity contribution in [3.63, 3.8) is 0 Å². The molecule has 0 radical (unpaired) electrons. The highest BCUT2D eigenvalue weighted by molar-refractivity contribution is 5.04. The van der Waals surface area contributed by atoms with E-state index in [1.807, 2.05) is 0 Å². The monoisotopic (exact) mass is 268 g/mol. The Hall–Kier alpha value is -0.0800. The Morgan fingerprint density at radius 1 is 0.947 bits per heavy atom. The summed E-state index contributed by atoms with van der Waals surface area (Å²) >= 11 is 0. The predicted molar refractivity (Wildman–Crippen MR) is 85.4 cm³/mol. The minimum absolute atomic E-state index is 0.217. The van der Waals surface area contributed by atoms with Crippen molar-refractivity contribution >= 4 is 0 Å². The van der Waals surface area contributed by atoms with Gasteiger partial charge in [-0.1, -0.05) is 48.0 Å². The molecule has 2 heteroatoms. The van der Waals surface area contributed by atoms with Crippen molar-refractivity contribution in [1.29, 1.82) is 0 Å². The lowest BCUT2D eigenvalue weighted by molar-refractivity contribution is -0.0420. The van der Waals surface area contributed by atoms with Crippen LogP contribution in [0.3, 0.4) is 0 Å². The maximum absolute atomic E-state index is 6.29. The highest BCUT2D eigenvalue weighted by Crippen LogP contribution is 2.51. The Balaban J connectivity index is 2.99. The Bertz CT molecular complexity index is 265. The summed E-state index contributed by atoms with van der Waals surface area (Å²) in [6.07, 6.45) is 6.36. The van der Waals surface area contributed by atoms with Crippen LogP contribution in [0.1, 0.15) is 73.6 Å². The van der Waals surface area contributed by atoms with Gasteiger partial charge in [0, 0.05) is 12.1 Å². The smallest absolute Gasteiger partial charge is 0.0341 e. The van der Waals surface area contributed by atoms with Gasteiger partial charge in [0.15, 0.2) is 0 Å². The number of rotatable bonds is 6. The molecule has 0 bridgehead atoms. The van der Waals surface area contributed by atoms with Crippen molar-refractivity contribution in [3.8, 4) is 0 Å². The molecule has 1 rings (SSSR count). The van der Waals surface area contributed by atoms with Crippen LogP contribution >= 0.6 is 0 Å². The van der Waals surface area contributed by atoms with Crippen LogP contribution in [-0.2, 0) is 0 Å². The molecular weight excluding hydrogens is 232 g/mol. The minimum Gasteiger partial charge on any atom is -0.329 e. The van der Waals surface area contributed by atoms with Gasteiger partial charge in [-0.05, 0) is 49.6 Å². The number of nitrogens with two attached hydrogens (primary N) is 1. The zero-order valence-corrected chi connectivity index (χ0v) is 14.2. The Labute approximate surface area is 121 Å². The van der Waals surface area contributed by atoms with Gasteiger partial charge in [0.1, 0.15) is 0 Å². The average Bonchev–Trinajstić information content (AvgIpc) is 2.25. The number of hydrogen-bond donors (Lipinski definition) is 1. The number of unbranched alkanes of at least 4 members (excludes halogenated alkanes) is 1. The fourth-order valence-electron chi connectivity index (χ4n) is 4.84. The molecule has 0 aromatic rings. The maximum Gasteiger partial charge on any atom is 0.0341 e. The highest BCUT2D eigenvalue weighted by atomic mass is 15.2. The van der Waals surface area contributed by atoms with Crippen LogP contribution in [0.2, 0.25) is 0 Å². The maximum atomic E-state index is 6.29. The van der Waals surface area contributed by atoms with Crippen molar-refractivity contribution in [2.45, 2.75) is 79.2 Å². The second kappa shape index (κ2) is 6.13. The Morgan fingerprint density at radius 2 is 1.47 bits per heavy atom. The van der Waals surface area contributed by atoms with Crippen LogP contribution in [0.5, 0.6) is 0 Å². The van der Waals surface area contributed by atoms with Crippen molar-refractivity contribution in [3.05, 3.63) is 0 Å². The van der Waals surface area contributed by atoms with E-state index in [2.05, 4.69) is 46.4 Å². The van der Waals surface area contributed by atoms with Gasteiger partial charge in [0.2, 0.25) is 0 Å². The first-order valence-corrected chi connectivity index (χ1v) is 8.15. The quantitative estimate of drug-likeness (QED) is 0.787. The summed E-state index contributed by atoms with van der Waals surface area (Å²) in [7, 11) is 0. The summed E-state index contributed by atoms with van der Waals surface area (Å²) in [6.45, 7) is 17.4. The van der Waals surface area contributed by atoms with Crippen LogP contribution in [0.15, 0.2) is 0 Å². The molecule has 1 aliphatic rings. The van der Waals surface area contributed by atoms with E-state index in [4.69, 9.17) is 5.73 Å². The zero-order valence-electron chi connectivity index (χ0n) is 14.2. The lowest BCUT2D eigenvalue weighted by Gasteiger charge is -2.56. The minimum atomic E-state index is 0.217. The number of hydrogen-bond acceptors (Lipinski definition) is 2. The summed E-state index contributed by atoms with van der Waals surface area (Å²) in [6, 6.07) is 0. The van der Waals surface area contributed by atoms with Crippen LogP contribution in [-0.4, -0.2) is 30.1 Å². The third-order valence-corrected chi connectivity index (χ3v) is 4.79. The van der Waals surface area contributed by atoms with Gasteiger partial charge in [-0.25, -0.2) is 0 Å². The van der Waals surface area contributed by atoms with E-state index in [1.165, 1.54) is 38.6 Å². The molecule has 0 aromatic heterocycles. The molecule has 19 heavy (non-hydrogen) atoms. The molecule has 0 saturated heterocycles. The lowest BCUT2D eigenvalue weighted by Crippen LogP contribution is -2.60. The second-order valence-corrected chi connectivity index (χ2v) is 8.22.